The van der Waals surface area contributed by atoms with Crippen molar-refractivity contribution in [1.29, 1.82) is 0 Å². The van der Waals surface area contributed by atoms with E-state index in [0.717, 1.165) is 23.0 Å². The van der Waals surface area contributed by atoms with Crippen molar-refractivity contribution < 1.29 is 0 Å². The van der Waals surface area contributed by atoms with Crippen LogP contribution in [0.3, 0.4) is 0 Å². The van der Waals surface area contributed by atoms with Crippen LogP contribution >= 0.6 is 35.5 Å². The van der Waals surface area contributed by atoms with Crippen LogP contribution in [0, 0.1) is 12.8 Å². The highest BCUT2D eigenvalue weighted by atomic mass is 127. The molecule has 0 aromatic carbocycles. The molecule has 7 heteroatoms. The fraction of sp³-hybridized carbons (Fsp3) is 0.700. The molecule has 2 rings (SSSR count). The van der Waals surface area contributed by atoms with Crippen molar-refractivity contribution >= 4 is 41.5 Å². The summed E-state index contributed by atoms with van der Waals surface area (Å²) in [5, 5.41) is 7.09. The zero-order chi connectivity index (χ0) is 11.4. The molecule has 0 spiro atoms. The molecule has 3 N–H and O–H groups in total. The average molecular weight is 367 g/mol. The van der Waals surface area contributed by atoms with E-state index in [2.05, 4.69) is 19.9 Å². The first-order valence-corrected chi connectivity index (χ1v) is 6.34. The van der Waals surface area contributed by atoms with Crippen LogP contribution in [0.25, 0.3) is 0 Å². The van der Waals surface area contributed by atoms with Crippen LogP contribution in [0.4, 0.5) is 0 Å². The van der Waals surface area contributed by atoms with Gasteiger partial charge in [-0.25, -0.2) is 4.99 Å². The van der Waals surface area contributed by atoms with Gasteiger partial charge in [0, 0.05) is 6.54 Å². The highest BCUT2D eigenvalue weighted by Gasteiger charge is 2.16. The Bertz CT molecular complexity index is 375. The summed E-state index contributed by atoms with van der Waals surface area (Å²) in [5.41, 5.74) is 6.72. The molecule has 1 heterocycles. The second kappa shape index (κ2) is 7.10. The number of nitrogens with zero attached hydrogens (tertiary/aromatic N) is 3. The SMILES string of the molecule is Cc1nnsc1CN=C(N)NCC1CCC1.I. The average Bonchev–Trinajstić information content (AvgIpc) is 2.59. The van der Waals surface area contributed by atoms with E-state index in [1.165, 1.54) is 30.8 Å². The van der Waals surface area contributed by atoms with Gasteiger partial charge < -0.3 is 11.1 Å². The van der Waals surface area contributed by atoms with Crippen LogP contribution in [-0.4, -0.2) is 22.1 Å². The third-order valence-corrected chi connectivity index (χ3v) is 3.74. The molecule has 1 fully saturated rings. The van der Waals surface area contributed by atoms with Crippen molar-refractivity contribution in [3.63, 3.8) is 0 Å². The third-order valence-electron chi connectivity index (χ3n) is 2.93. The second-order valence-corrected chi connectivity index (χ2v) is 5.00. The first-order valence-electron chi connectivity index (χ1n) is 5.57. The van der Waals surface area contributed by atoms with Crippen LogP contribution in [0.15, 0.2) is 4.99 Å². The van der Waals surface area contributed by atoms with E-state index in [9.17, 15) is 0 Å². The molecule has 5 nitrogen and oxygen atoms in total. The molecular weight excluding hydrogens is 349 g/mol. The molecule has 0 amide bonds. The first-order chi connectivity index (χ1) is 7.75. The number of hydrogen-bond acceptors (Lipinski definition) is 4. The fourth-order valence-electron chi connectivity index (χ4n) is 1.55. The topological polar surface area (TPSA) is 76.2 Å². The summed E-state index contributed by atoms with van der Waals surface area (Å²) in [6.07, 6.45) is 3.99. The number of rotatable bonds is 4. The maximum absolute atomic E-state index is 5.77. The number of hydrogen-bond donors (Lipinski definition) is 2. The van der Waals surface area contributed by atoms with Gasteiger partial charge in [0.2, 0.25) is 0 Å². The van der Waals surface area contributed by atoms with Gasteiger partial charge in [0.05, 0.1) is 17.1 Å². The van der Waals surface area contributed by atoms with E-state index in [4.69, 9.17) is 5.73 Å². The Balaban J connectivity index is 0.00000144. The quantitative estimate of drug-likeness (QED) is 0.482. The van der Waals surface area contributed by atoms with Crippen molar-refractivity contribution in [2.45, 2.75) is 32.7 Å². The van der Waals surface area contributed by atoms with E-state index in [1.807, 2.05) is 6.92 Å². The molecule has 0 saturated heterocycles. The Morgan fingerprint density at radius 3 is 2.88 bits per heavy atom. The minimum atomic E-state index is 0. The van der Waals surface area contributed by atoms with Gasteiger partial charge in [-0.3, -0.25) is 0 Å². The van der Waals surface area contributed by atoms with Crippen LogP contribution in [0.1, 0.15) is 29.8 Å². The predicted octanol–water partition coefficient (Wildman–Crippen LogP) is 1.67. The standard InChI is InChI=1S/C10H17N5S.HI/c1-7-9(16-15-14-7)6-13-10(11)12-5-8-3-2-4-8;/h8H,2-6H2,1H3,(H3,11,12,13);1H. The van der Waals surface area contributed by atoms with E-state index in [1.54, 1.807) is 0 Å². The molecule has 1 aromatic rings. The maximum atomic E-state index is 5.77. The summed E-state index contributed by atoms with van der Waals surface area (Å²) in [6.45, 7) is 3.47. The smallest absolute Gasteiger partial charge is 0.188 e. The van der Waals surface area contributed by atoms with Gasteiger partial charge in [0.15, 0.2) is 5.96 Å². The molecule has 17 heavy (non-hydrogen) atoms. The minimum absolute atomic E-state index is 0. The predicted molar refractivity (Wildman–Crippen MR) is 80.7 cm³/mol. The number of nitrogens with two attached hydrogens (primary N) is 1. The molecule has 1 saturated carbocycles. The molecule has 0 bridgehead atoms. The molecule has 0 aliphatic heterocycles. The molecule has 1 aliphatic carbocycles. The van der Waals surface area contributed by atoms with Crippen LogP contribution < -0.4 is 11.1 Å². The summed E-state index contributed by atoms with van der Waals surface area (Å²) >= 11 is 1.38. The Hall–Kier alpha value is -0.440. The monoisotopic (exact) mass is 367 g/mol. The number of halogens is 1. The normalized spacial score (nSPS) is 16.2. The van der Waals surface area contributed by atoms with E-state index in [0.29, 0.717) is 12.5 Å². The Morgan fingerprint density at radius 2 is 2.35 bits per heavy atom. The fourth-order valence-corrected chi connectivity index (χ4v) is 2.11. The van der Waals surface area contributed by atoms with Gasteiger partial charge in [0.25, 0.3) is 0 Å². The summed E-state index contributed by atoms with van der Waals surface area (Å²) < 4.78 is 3.86. The molecule has 0 atom stereocenters. The third kappa shape index (κ3) is 4.38. The van der Waals surface area contributed by atoms with Crippen LogP contribution in [0.5, 0.6) is 0 Å². The molecular formula is C10H18IN5S. The largest absolute Gasteiger partial charge is 0.370 e. The van der Waals surface area contributed by atoms with Gasteiger partial charge in [0.1, 0.15) is 0 Å². The summed E-state index contributed by atoms with van der Waals surface area (Å²) in [7, 11) is 0. The maximum Gasteiger partial charge on any atom is 0.188 e. The van der Waals surface area contributed by atoms with E-state index >= 15 is 0 Å². The Kier molecular flexibility index (Phi) is 6.10. The van der Waals surface area contributed by atoms with Crippen molar-refractivity contribution in [2.75, 3.05) is 6.54 Å². The summed E-state index contributed by atoms with van der Waals surface area (Å²) in [6, 6.07) is 0. The van der Waals surface area contributed by atoms with Gasteiger partial charge in [-0.1, -0.05) is 10.9 Å². The molecule has 1 aromatic heterocycles. The lowest BCUT2D eigenvalue weighted by Gasteiger charge is -2.25. The van der Waals surface area contributed by atoms with Crippen molar-refractivity contribution in [1.82, 2.24) is 14.9 Å². The molecule has 0 radical (unpaired) electrons. The first kappa shape index (κ1) is 14.6. The zero-order valence-electron chi connectivity index (χ0n) is 9.85. The number of aromatic nitrogens is 2. The zero-order valence-corrected chi connectivity index (χ0v) is 13.0. The van der Waals surface area contributed by atoms with Crippen molar-refractivity contribution in [3.8, 4) is 0 Å². The number of aryl methyl sites for hydroxylation is 1. The van der Waals surface area contributed by atoms with Gasteiger partial charge >= 0.3 is 0 Å². The number of aliphatic imine (C=N–C) groups is 1. The van der Waals surface area contributed by atoms with Crippen LogP contribution in [0.2, 0.25) is 0 Å². The molecule has 1 aliphatic rings. The van der Waals surface area contributed by atoms with Gasteiger partial charge in [-0.05, 0) is 37.2 Å². The minimum Gasteiger partial charge on any atom is -0.370 e. The molecule has 0 unspecified atom stereocenters. The number of guanidine groups is 1. The van der Waals surface area contributed by atoms with Gasteiger partial charge in [-0.2, -0.15) is 0 Å². The lowest BCUT2D eigenvalue weighted by Crippen LogP contribution is -2.37. The highest BCUT2D eigenvalue weighted by molar-refractivity contribution is 14.0. The summed E-state index contributed by atoms with van der Waals surface area (Å²) in [5.74, 6) is 1.32. The van der Waals surface area contributed by atoms with Crippen molar-refractivity contribution in [3.05, 3.63) is 10.6 Å². The number of nitrogens with one attached hydrogen (secondary N) is 1. The van der Waals surface area contributed by atoms with E-state index < -0.39 is 0 Å². The Morgan fingerprint density at radius 1 is 1.59 bits per heavy atom. The molecule has 96 valence electrons. The second-order valence-electron chi connectivity index (χ2n) is 4.16. The lowest BCUT2D eigenvalue weighted by atomic mass is 9.85. The van der Waals surface area contributed by atoms with Gasteiger partial charge in [-0.15, -0.1) is 29.1 Å². The van der Waals surface area contributed by atoms with Crippen molar-refractivity contribution in [2.24, 2.45) is 16.6 Å². The Labute approximate surface area is 122 Å². The summed E-state index contributed by atoms with van der Waals surface area (Å²) in [4.78, 5) is 5.35. The lowest BCUT2D eigenvalue weighted by molar-refractivity contribution is 0.315. The van der Waals surface area contributed by atoms with Crippen LogP contribution in [-0.2, 0) is 6.54 Å². The highest BCUT2D eigenvalue weighted by Crippen LogP contribution is 2.24. The van der Waals surface area contributed by atoms with E-state index in [-0.39, 0.29) is 24.0 Å².